The summed E-state index contributed by atoms with van der Waals surface area (Å²) in [6.07, 6.45) is 0.834. The Kier molecular flexibility index (Phi) is 3.97. The smallest absolute Gasteiger partial charge is 0.103 e. The van der Waals surface area contributed by atoms with E-state index in [-0.39, 0.29) is 0 Å². The molecule has 0 fully saturated rings. The SMILES string of the molecule is N#Cc1c(Cl)cccc1NCCc1cscn1. The van der Waals surface area contributed by atoms with Crippen molar-refractivity contribution in [2.75, 3.05) is 11.9 Å². The van der Waals surface area contributed by atoms with E-state index in [9.17, 15) is 0 Å². The maximum Gasteiger partial charge on any atom is 0.103 e. The van der Waals surface area contributed by atoms with Crippen LogP contribution in [0.3, 0.4) is 0 Å². The molecule has 0 aliphatic carbocycles. The molecule has 3 nitrogen and oxygen atoms in total. The van der Waals surface area contributed by atoms with Gasteiger partial charge in [-0.3, -0.25) is 0 Å². The molecule has 17 heavy (non-hydrogen) atoms. The minimum absolute atomic E-state index is 0.478. The molecule has 1 aromatic carbocycles. The minimum Gasteiger partial charge on any atom is -0.384 e. The van der Waals surface area contributed by atoms with Gasteiger partial charge in [-0.15, -0.1) is 11.3 Å². The Morgan fingerprint density at radius 2 is 2.35 bits per heavy atom. The van der Waals surface area contributed by atoms with Crippen molar-refractivity contribution < 1.29 is 0 Å². The lowest BCUT2D eigenvalue weighted by Gasteiger charge is -2.07. The fourth-order valence-electron chi connectivity index (χ4n) is 1.47. The average molecular weight is 264 g/mol. The standard InChI is InChI=1S/C12H10ClN3S/c13-11-2-1-3-12(10(11)6-14)15-5-4-9-7-17-8-16-9/h1-3,7-8,15H,4-5H2. The average Bonchev–Trinajstić information content (AvgIpc) is 2.82. The van der Waals surface area contributed by atoms with Crippen LogP contribution in [0, 0.1) is 11.3 Å². The lowest BCUT2D eigenvalue weighted by Crippen LogP contribution is -2.06. The molecule has 0 spiro atoms. The zero-order valence-corrected chi connectivity index (χ0v) is 10.6. The van der Waals surface area contributed by atoms with E-state index in [0.29, 0.717) is 10.6 Å². The maximum absolute atomic E-state index is 9.00. The number of rotatable bonds is 4. The molecule has 0 saturated carbocycles. The second-order valence-electron chi connectivity index (χ2n) is 3.43. The van der Waals surface area contributed by atoms with Crippen LogP contribution in [0.4, 0.5) is 5.69 Å². The Bertz CT molecular complexity index is 531. The van der Waals surface area contributed by atoms with Crippen molar-refractivity contribution in [1.29, 1.82) is 5.26 Å². The van der Waals surface area contributed by atoms with Gasteiger partial charge in [0, 0.05) is 18.3 Å². The predicted octanol–water partition coefficient (Wildman–Crippen LogP) is 3.32. The van der Waals surface area contributed by atoms with Crippen molar-refractivity contribution in [1.82, 2.24) is 4.98 Å². The summed E-state index contributed by atoms with van der Waals surface area (Å²) in [4.78, 5) is 4.20. The number of hydrogen-bond acceptors (Lipinski definition) is 4. The number of thiazole rings is 1. The Hall–Kier alpha value is -1.57. The number of nitrogens with zero attached hydrogens (tertiary/aromatic N) is 2. The molecule has 0 bridgehead atoms. The van der Waals surface area contributed by atoms with Gasteiger partial charge in [0.1, 0.15) is 6.07 Å². The molecule has 2 aromatic rings. The molecule has 0 radical (unpaired) electrons. The van der Waals surface area contributed by atoms with E-state index in [4.69, 9.17) is 16.9 Å². The Balaban J connectivity index is 2.00. The van der Waals surface area contributed by atoms with Gasteiger partial charge in [0.2, 0.25) is 0 Å². The number of nitrogens with one attached hydrogen (secondary N) is 1. The lowest BCUT2D eigenvalue weighted by molar-refractivity contribution is 0.976. The molecule has 1 heterocycles. The number of anilines is 1. The Morgan fingerprint density at radius 3 is 3.06 bits per heavy atom. The third-order valence-corrected chi connectivity index (χ3v) is 3.26. The summed E-state index contributed by atoms with van der Waals surface area (Å²) in [7, 11) is 0. The van der Waals surface area contributed by atoms with Crippen LogP contribution in [0.25, 0.3) is 0 Å². The third-order valence-electron chi connectivity index (χ3n) is 2.31. The van der Waals surface area contributed by atoms with Crippen molar-refractivity contribution in [2.24, 2.45) is 0 Å². The van der Waals surface area contributed by atoms with E-state index < -0.39 is 0 Å². The van der Waals surface area contributed by atoms with Crippen molar-refractivity contribution in [3.63, 3.8) is 0 Å². The number of hydrogen-bond donors (Lipinski definition) is 1. The third kappa shape index (κ3) is 2.96. The van der Waals surface area contributed by atoms with E-state index in [1.807, 2.05) is 23.0 Å². The first-order chi connectivity index (χ1) is 8.31. The largest absolute Gasteiger partial charge is 0.384 e. The molecular formula is C12H10ClN3S. The molecule has 0 saturated heterocycles. The normalized spacial score (nSPS) is 9.88. The molecule has 0 amide bonds. The summed E-state index contributed by atoms with van der Waals surface area (Å²) in [6, 6.07) is 7.49. The van der Waals surface area contributed by atoms with Gasteiger partial charge in [-0.2, -0.15) is 5.26 Å². The first-order valence-corrected chi connectivity index (χ1v) is 6.43. The summed E-state index contributed by atoms with van der Waals surface area (Å²) in [5.41, 5.74) is 4.14. The topological polar surface area (TPSA) is 48.7 Å². The van der Waals surface area contributed by atoms with Crippen molar-refractivity contribution in [3.05, 3.63) is 45.4 Å². The second kappa shape index (κ2) is 5.67. The highest BCUT2D eigenvalue weighted by Gasteiger charge is 2.05. The van der Waals surface area contributed by atoms with Crippen molar-refractivity contribution in [2.45, 2.75) is 6.42 Å². The molecule has 2 rings (SSSR count). The first kappa shape index (κ1) is 11.9. The number of nitriles is 1. The summed E-state index contributed by atoms with van der Waals surface area (Å²) >= 11 is 7.52. The monoisotopic (exact) mass is 263 g/mol. The predicted molar refractivity (Wildman–Crippen MR) is 70.5 cm³/mol. The molecule has 0 aliphatic rings. The van der Waals surface area contributed by atoms with Gasteiger partial charge in [0.15, 0.2) is 0 Å². The molecular weight excluding hydrogens is 254 g/mol. The number of aromatic nitrogens is 1. The summed E-state index contributed by atoms with van der Waals surface area (Å²) in [5, 5.41) is 14.7. The van der Waals surface area contributed by atoms with Crippen molar-refractivity contribution in [3.8, 4) is 6.07 Å². The van der Waals surface area contributed by atoms with Crippen LogP contribution in [0.15, 0.2) is 29.1 Å². The number of benzene rings is 1. The summed E-state index contributed by atoms with van der Waals surface area (Å²) in [6.45, 7) is 0.735. The summed E-state index contributed by atoms with van der Waals surface area (Å²) < 4.78 is 0. The highest BCUT2D eigenvalue weighted by molar-refractivity contribution is 7.07. The van der Waals surface area contributed by atoms with Gasteiger partial charge >= 0.3 is 0 Å². The van der Waals surface area contributed by atoms with Crippen LogP contribution >= 0.6 is 22.9 Å². The Morgan fingerprint density at radius 1 is 1.47 bits per heavy atom. The zero-order chi connectivity index (χ0) is 12.1. The fourth-order valence-corrected chi connectivity index (χ4v) is 2.28. The van der Waals surface area contributed by atoms with E-state index >= 15 is 0 Å². The second-order valence-corrected chi connectivity index (χ2v) is 4.56. The molecule has 0 unspecified atom stereocenters. The fraction of sp³-hybridized carbons (Fsp3) is 0.167. The highest BCUT2D eigenvalue weighted by atomic mass is 35.5. The summed E-state index contributed by atoms with van der Waals surface area (Å²) in [5.74, 6) is 0. The highest BCUT2D eigenvalue weighted by Crippen LogP contribution is 2.23. The molecule has 1 N–H and O–H groups in total. The Labute approximate surface area is 109 Å². The van der Waals surface area contributed by atoms with Crippen LogP contribution in [0.2, 0.25) is 5.02 Å². The quantitative estimate of drug-likeness (QED) is 0.921. The van der Waals surface area contributed by atoms with E-state index in [1.54, 1.807) is 17.4 Å². The van der Waals surface area contributed by atoms with Crippen LogP contribution in [0.1, 0.15) is 11.3 Å². The van der Waals surface area contributed by atoms with Gasteiger partial charge in [-0.25, -0.2) is 4.98 Å². The lowest BCUT2D eigenvalue weighted by atomic mass is 10.2. The van der Waals surface area contributed by atoms with E-state index in [2.05, 4.69) is 16.4 Å². The maximum atomic E-state index is 9.00. The van der Waals surface area contributed by atoms with Crippen LogP contribution in [0.5, 0.6) is 0 Å². The van der Waals surface area contributed by atoms with E-state index in [0.717, 1.165) is 24.3 Å². The van der Waals surface area contributed by atoms with Crippen LogP contribution in [-0.4, -0.2) is 11.5 Å². The van der Waals surface area contributed by atoms with Gasteiger partial charge in [0.25, 0.3) is 0 Å². The molecule has 0 atom stereocenters. The number of halogens is 1. The van der Waals surface area contributed by atoms with E-state index in [1.165, 1.54) is 0 Å². The molecule has 86 valence electrons. The molecule has 1 aromatic heterocycles. The van der Waals surface area contributed by atoms with Crippen LogP contribution in [-0.2, 0) is 6.42 Å². The molecule has 0 aliphatic heterocycles. The van der Waals surface area contributed by atoms with Gasteiger partial charge in [-0.1, -0.05) is 17.7 Å². The van der Waals surface area contributed by atoms with Gasteiger partial charge in [0.05, 0.1) is 27.5 Å². The van der Waals surface area contributed by atoms with Gasteiger partial charge < -0.3 is 5.32 Å². The zero-order valence-electron chi connectivity index (χ0n) is 8.98. The molecule has 5 heteroatoms. The minimum atomic E-state index is 0.478. The van der Waals surface area contributed by atoms with Gasteiger partial charge in [-0.05, 0) is 12.1 Å². The van der Waals surface area contributed by atoms with Crippen molar-refractivity contribution >= 4 is 28.6 Å². The first-order valence-electron chi connectivity index (χ1n) is 5.11. The van der Waals surface area contributed by atoms with Crippen LogP contribution < -0.4 is 5.32 Å².